The van der Waals surface area contributed by atoms with Crippen molar-refractivity contribution in [2.45, 2.75) is 38.8 Å². The van der Waals surface area contributed by atoms with Crippen LogP contribution in [0.4, 0.5) is 0 Å². The molecule has 2 amide bonds. The number of para-hydroxylation sites is 1. The van der Waals surface area contributed by atoms with Gasteiger partial charge in [-0.15, -0.1) is 0 Å². The lowest BCUT2D eigenvalue weighted by Crippen LogP contribution is -2.48. The van der Waals surface area contributed by atoms with Gasteiger partial charge in [0.25, 0.3) is 5.91 Å². The first kappa shape index (κ1) is 21.4. The van der Waals surface area contributed by atoms with Crippen LogP contribution < -0.4 is 10.1 Å². The predicted molar refractivity (Wildman–Crippen MR) is 111 cm³/mol. The molecule has 2 aromatic carbocycles. The highest BCUT2D eigenvalue weighted by atomic mass is 16.5. The molecule has 1 N–H and O–H groups in total. The van der Waals surface area contributed by atoms with Crippen LogP contribution in [0.2, 0.25) is 0 Å². The fraction of sp³-hybridized carbons (Fsp3) is 0.348. The minimum Gasteiger partial charge on any atom is -0.464 e. The van der Waals surface area contributed by atoms with Gasteiger partial charge in [0, 0.05) is 11.6 Å². The minimum atomic E-state index is -0.584. The maximum atomic E-state index is 12.7. The van der Waals surface area contributed by atoms with E-state index in [9.17, 15) is 14.4 Å². The molecule has 1 heterocycles. The number of hydrogen-bond donors (Lipinski definition) is 1. The van der Waals surface area contributed by atoms with Crippen molar-refractivity contribution in [1.29, 1.82) is 0 Å². The SMILES string of the molecule is CCOC(=O)C1CCC(C)N1C(=O)CNC(=O)c1ccc(Oc2ccccc2)cc1. The van der Waals surface area contributed by atoms with Crippen LogP contribution in [0.5, 0.6) is 11.5 Å². The summed E-state index contributed by atoms with van der Waals surface area (Å²) in [5.74, 6) is 0.258. The number of hydrogen-bond acceptors (Lipinski definition) is 5. The van der Waals surface area contributed by atoms with Crippen molar-refractivity contribution < 1.29 is 23.9 Å². The van der Waals surface area contributed by atoms with Gasteiger partial charge in [0.1, 0.15) is 17.5 Å². The summed E-state index contributed by atoms with van der Waals surface area (Å²) in [5.41, 5.74) is 0.416. The number of esters is 1. The molecule has 1 aliphatic rings. The Hall–Kier alpha value is -3.35. The number of amides is 2. The van der Waals surface area contributed by atoms with Gasteiger partial charge in [-0.25, -0.2) is 4.79 Å². The predicted octanol–water partition coefficient (Wildman–Crippen LogP) is 3.15. The Bertz CT molecular complexity index is 882. The van der Waals surface area contributed by atoms with Crippen LogP contribution in [0.1, 0.15) is 37.0 Å². The molecular formula is C23H26N2O5. The zero-order valence-corrected chi connectivity index (χ0v) is 17.2. The fourth-order valence-electron chi connectivity index (χ4n) is 3.52. The molecule has 1 fully saturated rings. The van der Waals surface area contributed by atoms with Crippen molar-refractivity contribution in [3.05, 3.63) is 60.2 Å². The monoisotopic (exact) mass is 410 g/mol. The molecule has 0 radical (unpaired) electrons. The summed E-state index contributed by atoms with van der Waals surface area (Å²) < 4.78 is 10.8. The Balaban J connectivity index is 1.55. The lowest BCUT2D eigenvalue weighted by Gasteiger charge is -2.27. The van der Waals surface area contributed by atoms with Gasteiger partial charge in [0.05, 0.1) is 13.2 Å². The molecule has 0 aliphatic carbocycles. The second-order valence-corrected chi connectivity index (χ2v) is 7.12. The number of benzene rings is 2. The van der Waals surface area contributed by atoms with Crippen LogP contribution >= 0.6 is 0 Å². The number of nitrogens with zero attached hydrogens (tertiary/aromatic N) is 1. The van der Waals surface area contributed by atoms with Crippen LogP contribution in [0, 0.1) is 0 Å². The Morgan fingerprint density at radius 3 is 2.33 bits per heavy atom. The first-order chi connectivity index (χ1) is 14.5. The van der Waals surface area contributed by atoms with E-state index in [0.717, 1.165) is 6.42 Å². The molecule has 158 valence electrons. The van der Waals surface area contributed by atoms with Crippen molar-refractivity contribution in [1.82, 2.24) is 10.2 Å². The molecule has 0 bridgehead atoms. The molecule has 2 atom stereocenters. The van der Waals surface area contributed by atoms with E-state index < -0.39 is 12.0 Å². The maximum Gasteiger partial charge on any atom is 0.328 e. The molecule has 7 nitrogen and oxygen atoms in total. The summed E-state index contributed by atoms with van der Waals surface area (Å²) in [5, 5.41) is 2.63. The number of carbonyl (C=O) groups excluding carboxylic acids is 3. The molecule has 2 aromatic rings. The lowest BCUT2D eigenvalue weighted by atomic mass is 10.2. The van der Waals surface area contributed by atoms with Gasteiger partial charge in [-0.3, -0.25) is 9.59 Å². The fourth-order valence-corrected chi connectivity index (χ4v) is 3.52. The number of carbonyl (C=O) groups is 3. The summed E-state index contributed by atoms with van der Waals surface area (Å²) >= 11 is 0. The summed E-state index contributed by atoms with van der Waals surface area (Å²) in [6, 6.07) is 15.4. The number of rotatable bonds is 7. The van der Waals surface area contributed by atoms with Crippen LogP contribution in [0.15, 0.2) is 54.6 Å². The molecular weight excluding hydrogens is 384 g/mol. The average Bonchev–Trinajstić information content (AvgIpc) is 3.15. The second kappa shape index (κ2) is 9.91. The second-order valence-electron chi connectivity index (χ2n) is 7.12. The summed E-state index contributed by atoms with van der Waals surface area (Å²) in [4.78, 5) is 38.7. The highest BCUT2D eigenvalue weighted by Gasteiger charge is 2.39. The van der Waals surface area contributed by atoms with Gasteiger partial charge in [0.15, 0.2) is 0 Å². The molecule has 3 rings (SSSR count). The van der Waals surface area contributed by atoms with Crippen molar-refractivity contribution >= 4 is 17.8 Å². The molecule has 0 saturated carbocycles. The summed E-state index contributed by atoms with van der Waals surface area (Å²) in [6.07, 6.45) is 1.30. The third kappa shape index (κ3) is 5.17. The molecule has 2 unspecified atom stereocenters. The summed E-state index contributed by atoms with van der Waals surface area (Å²) in [7, 11) is 0. The molecule has 0 spiro atoms. The Labute approximate surface area is 176 Å². The van der Waals surface area contributed by atoms with Gasteiger partial charge in [-0.05, 0) is 63.1 Å². The van der Waals surface area contributed by atoms with Gasteiger partial charge in [0.2, 0.25) is 5.91 Å². The smallest absolute Gasteiger partial charge is 0.328 e. The van der Waals surface area contributed by atoms with Gasteiger partial charge < -0.3 is 19.7 Å². The van der Waals surface area contributed by atoms with E-state index in [-0.39, 0.29) is 31.0 Å². The van der Waals surface area contributed by atoms with Gasteiger partial charge in [-0.2, -0.15) is 0 Å². The van der Waals surface area contributed by atoms with E-state index in [2.05, 4.69) is 5.32 Å². The van der Waals surface area contributed by atoms with Gasteiger partial charge in [-0.1, -0.05) is 18.2 Å². The molecule has 30 heavy (non-hydrogen) atoms. The Kier molecular flexibility index (Phi) is 7.06. The van der Waals surface area contributed by atoms with E-state index >= 15 is 0 Å². The number of likely N-dealkylation sites (tertiary alicyclic amines) is 1. The standard InChI is InChI=1S/C23H26N2O5/c1-3-29-23(28)20-14-9-16(2)25(20)21(26)15-24-22(27)17-10-12-19(13-11-17)30-18-7-5-4-6-8-18/h4-8,10-13,16,20H,3,9,14-15H2,1-2H3,(H,24,27). The van der Waals surface area contributed by atoms with Crippen LogP contribution in [0.25, 0.3) is 0 Å². The third-order valence-electron chi connectivity index (χ3n) is 5.01. The van der Waals surface area contributed by atoms with Crippen LogP contribution in [-0.4, -0.2) is 47.9 Å². The van der Waals surface area contributed by atoms with Crippen LogP contribution in [-0.2, 0) is 14.3 Å². The van der Waals surface area contributed by atoms with E-state index in [1.165, 1.54) is 4.90 Å². The van der Waals surface area contributed by atoms with E-state index in [0.29, 0.717) is 23.5 Å². The number of ether oxygens (including phenoxy) is 2. The highest BCUT2D eigenvalue weighted by molar-refractivity contribution is 5.97. The number of nitrogens with one attached hydrogen (secondary N) is 1. The molecule has 1 saturated heterocycles. The largest absolute Gasteiger partial charge is 0.464 e. The van der Waals surface area contributed by atoms with Crippen LogP contribution in [0.3, 0.4) is 0 Å². The van der Waals surface area contributed by atoms with Crippen molar-refractivity contribution in [2.24, 2.45) is 0 Å². The first-order valence-electron chi connectivity index (χ1n) is 10.1. The maximum absolute atomic E-state index is 12.7. The summed E-state index contributed by atoms with van der Waals surface area (Å²) in [6.45, 7) is 3.72. The average molecular weight is 410 g/mol. The van der Waals surface area contributed by atoms with Crippen molar-refractivity contribution in [3.8, 4) is 11.5 Å². The van der Waals surface area contributed by atoms with E-state index in [1.54, 1.807) is 31.2 Å². The minimum absolute atomic E-state index is 0.0711. The zero-order chi connectivity index (χ0) is 21.5. The Morgan fingerprint density at radius 2 is 1.67 bits per heavy atom. The third-order valence-corrected chi connectivity index (χ3v) is 5.01. The van der Waals surface area contributed by atoms with E-state index in [1.807, 2.05) is 37.3 Å². The topological polar surface area (TPSA) is 84.9 Å². The van der Waals surface area contributed by atoms with Crippen molar-refractivity contribution in [2.75, 3.05) is 13.2 Å². The quantitative estimate of drug-likeness (QED) is 0.709. The van der Waals surface area contributed by atoms with Crippen molar-refractivity contribution in [3.63, 3.8) is 0 Å². The molecule has 0 aromatic heterocycles. The molecule has 1 aliphatic heterocycles. The van der Waals surface area contributed by atoms with Gasteiger partial charge >= 0.3 is 5.97 Å². The Morgan fingerprint density at radius 1 is 1.00 bits per heavy atom. The lowest BCUT2D eigenvalue weighted by molar-refractivity contribution is -0.153. The zero-order valence-electron chi connectivity index (χ0n) is 17.2. The normalized spacial score (nSPS) is 18.0. The molecule has 7 heteroatoms. The first-order valence-corrected chi connectivity index (χ1v) is 10.1. The van der Waals surface area contributed by atoms with E-state index in [4.69, 9.17) is 9.47 Å². The highest BCUT2D eigenvalue weighted by Crippen LogP contribution is 2.25.